The zero-order valence-corrected chi connectivity index (χ0v) is 10.9. The van der Waals surface area contributed by atoms with Crippen LogP contribution in [-0.2, 0) is 15.3 Å². The third kappa shape index (κ3) is 4.16. The lowest BCUT2D eigenvalue weighted by atomic mass is 10.1. The van der Waals surface area contributed by atoms with Gasteiger partial charge in [-0.15, -0.1) is 0 Å². The second-order valence-corrected chi connectivity index (χ2v) is 6.66. The molecule has 0 spiro atoms. The smallest absolute Gasteiger partial charge is 0.323 e. The van der Waals surface area contributed by atoms with Gasteiger partial charge in [0.25, 0.3) is 0 Å². The molecule has 3 heteroatoms. The molecule has 0 saturated heterocycles. The second kappa shape index (κ2) is 6.77. The van der Waals surface area contributed by atoms with Crippen LogP contribution in [0.5, 0.6) is 0 Å². The quantitative estimate of drug-likeness (QED) is 0.691. The minimum atomic E-state index is -1.43. The average molecular weight is 224 g/mol. The molecule has 0 aliphatic rings. The van der Waals surface area contributed by atoms with E-state index in [1.165, 1.54) is 5.56 Å². The summed E-state index contributed by atoms with van der Waals surface area (Å²) in [6.45, 7) is 2.22. The minimum Gasteiger partial charge on any atom is -0.400 e. The Labute approximate surface area is 94.1 Å². The van der Waals surface area contributed by atoms with Gasteiger partial charge in [0.05, 0.1) is 0 Å². The number of hydrogen-bond donors (Lipinski definition) is 0. The van der Waals surface area contributed by atoms with Gasteiger partial charge in [-0.25, -0.2) is 0 Å². The van der Waals surface area contributed by atoms with E-state index in [2.05, 4.69) is 37.3 Å². The molecule has 1 unspecified atom stereocenters. The maximum absolute atomic E-state index is 5.37. The van der Waals surface area contributed by atoms with Crippen molar-refractivity contribution in [2.45, 2.75) is 25.3 Å². The molecule has 1 aromatic carbocycles. The van der Waals surface area contributed by atoms with Gasteiger partial charge in [0, 0.05) is 14.2 Å². The van der Waals surface area contributed by atoms with Gasteiger partial charge in [0.15, 0.2) is 0 Å². The first-order valence-electron chi connectivity index (χ1n) is 5.37. The first-order chi connectivity index (χ1) is 7.27. The zero-order valence-electron chi connectivity index (χ0n) is 9.77. The summed E-state index contributed by atoms with van der Waals surface area (Å²) >= 11 is 0. The molecule has 0 aliphatic heterocycles. The van der Waals surface area contributed by atoms with E-state index >= 15 is 0 Å². The topological polar surface area (TPSA) is 18.5 Å². The molecular formula is C12H20O2Si. The lowest BCUT2D eigenvalue weighted by Crippen LogP contribution is -2.24. The van der Waals surface area contributed by atoms with E-state index in [1.807, 2.05) is 0 Å². The Morgan fingerprint density at radius 2 is 1.73 bits per heavy atom. The van der Waals surface area contributed by atoms with Crippen molar-refractivity contribution in [3.8, 4) is 0 Å². The first-order valence-corrected chi connectivity index (χ1v) is 6.98. The molecule has 0 aromatic heterocycles. The van der Waals surface area contributed by atoms with E-state index in [0.29, 0.717) is 5.54 Å². The van der Waals surface area contributed by atoms with Crippen LogP contribution in [0.2, 0.25) is 5.54 Å². The second-order valence-electron chi connectivity index (χ2n) is 3.84. The molecule has 0 aliphatic carbocycles. The molecule has 1 atom stereocenters. The number of aryl methyl sites for hydroxylation is 1. The Morgan fingerprint density at radius 3 is 2.27 bits per heavy atom. The molecule has 0 heterocycles. The third-order valence-corrected chi connectivity index (χ3v) is 4.85. The standard InChI is InChI=1S/C12H20O2Si/c1-11(15(13-2)14-3)9-10-12-7-5-4-6-8-12/h4-8,11,15H,9-10H2,1-3H3. The van der Waals surface area contributed by atoms with Crippen molar-refractivity contribution in [2.75, 3.05) is 14.2 Å². The van der Waals surface area contributed by atoms with Crippen molar-refractivity contribution >= 4 is 9.28 Å². The lowest BCUT2D eigenvalue weighted by molar-refractivity contribution is 0.265. The van der Waals surface area contributed by atoms with Gasteiger partial charge >= 0.3 is 9.28 Å². The van der Waals surface area contributed by atoms with E-state index in [0.717, 1.165) is 12.8 Å². The molecule has 84 valence electrons. The minimum absolute atomic E-state index is 0.556. The fourth-order valence-corrected chi connectivity index (χ4v) is 3.30. The van der Waals surface area contributed by atoms with Gasteiger partial charge in [-0.1, -0.05) is 37.3 Å². The van der Waals surface area contributed by atoms with Crippen LogP contribution in [0.25, 0.3) is 0 Å². The summed E-state index contributed by atoms with van der Waals surface area (Å²) in [7, 11) is 2.07. The van der Waals surface area contributed by atoms with E-state index in [1.54, 1.807) is 14.2 Å². The van der Waals surface area contributed by atoms with Crippen molar-refractivity contribution in [3.05, 3.63) is 35.9 Å². The molecular weight excluding hydrogens is 204 g/mol. The van der Waals surface area contributed by atoms with Crippen molar-refractivity contribution in [1.82, 2.24) is 0 Å². The Bertz CT molecular complexity index is 260. The summed E-state index contributed by atoms with van der Waals surface area (Å²) in [5, 5.41) is 0. The maximum Gasteiger partial charge on any atom is 0.323 e. The van der Waals surface area contributed by atoms with Crippen LogP contribution >= 0.6 is 0 Å². The van der Waals surface area contributed by atoms with Crippen LogP contribution in [0.4, 0.5) is 0 Å². The Morgan fingerprint density at radius 1 is 1.13 bits per heavy atom. The van der Waals surface area contributed by atoms with Crippen molar-refractivity contribution in [2.24, 2.45) is 0 Å². The van der Waals surface area contributed by atoms with Gasteiger partial charge in [-0.3, -0.25) is 0 Å². The highest BCUT2D eigenvalue weighted by atomic mass is 28.3. The first kappa shape index (κ1) is 12.4. The molecule has 1 rings (SSSR count). The predicted octanol–water partition coefficient (Wildman–Crippen LogP) is 2.52. The van der Waals surface area contributed by atoms with E-state index in [-0.39, 0.29) is 0 Å². The highest BCUT2D eigenvalue weighted by Crippen LogP contribution is 2.18. The molecule has 0 radical (unpaired) electrons. The fraction of sp³-hybridized carbons (Fsp3) is 0.500. The highest BCUT2D eigenvalue weighted by Gasteiger charge is 2.18. The van der Waals surface area contributed by atoms with Crippen LogP contribution in [0.3, 0.4) is 0 Å². The number of hydrogen-bond acceptors (Lipinski definition) is 2. The normalized spacial score (nSPS) is 13.1. The summed E-state index contributed by atoms with van der Waals surface area (Å²) < 4.78 is 10.7. The summed E-state index contributed by atoms with van der Waals surface area (Å²) in [4.78, 5) is 0. The SMILES string of the molecule is CO[SiH](OC)C(C)CCc1ccccc1. The summed E-state index contributed by atoms with van der Waals surface area (Å²) in [6.07, 6.45) is 2.25. The van der Waals surface area contributed by atoms with Crippen molar-refractivity contribution < 1.29 is 8.85 Å². The average Bonchev–Trinajstić information content (AvgIpc) is 2.29. The van der Waals surface area contributed by atoms with Gasteiger partial charge in [0.2, 0.25) is 0 Å². The Balaban J connectivity index is 2.36. The fourth-order valence-electron chi connectivity index (χ4n) is 1.74. The van der Waals surface area contributed by atoms with Crippen molar-refractivity contribution in [3.63, 3.8) is 0 Å². The number of rotatable bonds is 6. The molecule has 1 aromatic rings. The number of benzene rings is 1. The van der Waals surface area contributed by atoms with Crippen LogP contribution in [0.1, 0.15) is 18.9 Å². The molecule has 0 saturated carbocycles. The maximum atomic E-state index is 5.37. The molecule has 0 amide bonds. The van der Waals surface area contributed by atoms with E-state index in [9.17, 15) is 0 Å². The monoisotopic (exact) mass is 224 g/mol. The highest BCUT2D eigenvalue weighted by molar-refractivity contribution is 6.46. The molecule has 0 fully saturated rings. The third-order valence-electron chi connectivity index (χ3n) is 2.66. The lowest BCUT2D eigenvalue weighted by Gasteiger charge is -2.18. The molecule has 0 N–H and O–H groups in total. The molecule has 2 nitrogen and oxygen atoms in total. The Kier molecular flexibility index (Phi) is 5.61. The molecule has 15 heavy (non-hydrogen) atoms. The van der Waals surface area contributed by atoms with Gasteiger partial charge in [-0.05, 0) is 23.9 Å². The van der Waals surface area contributed by atoms with Gasteiger partial charge < -0.3 is 8.85 Å². The van der Waals surface area contributed by atoms with Crippen molar-refractivity contribution in [1.29, 1.82) is 0 Å². The summed E-state index contributed by atoms with van der Waals surface area (Å²) in [6, 6.07) is 10.6. The van der Waals surface area contributed by atoms with Crippen LogP contribution in [-0.4, -0.2) is 23.5 Å². The zero-order chi connectivity index (χ0) is 11.1. The van der Waals surface area contributed by atoms with Crippen LogP contribution in [0, 0.1) is 0 Å². The van der Waals surface area contributed by atoms with Gasteiger partial charge in [0.1, 0.15) is 0 Å². The summed E-state index contributed by atoms with van der Waals surface area (Å²) in [5.74, 6) is 0. The Hall–Kier alpha value is -0.643. The van der Waals surface area contributed by atoms with Gasteiger partial charge in [-0.2, -0.15) is 0 Å². The van der Waals surface area contributed by atoms with E-state index < -0.39 is 9.28 Å². The predicted molar refractivity (Wildman–Crippen MR) is 65.4 cm³/mol. The summed E-state index contributed by atoms with van der Waals surface area (Å²) in [5.41, 5.74) is 1.95. The van der Waals surface area contributed by atoms with E-state index in [4.69, 9.17) is 8.85 Å². The van der Waals surface area contributed by atoms with Crippen LogP contribution < -0.4 is 0 Å². The molecule has 0 bridgehead atoms. The largest absolute Gasteiger partial charge is 0.400 e. The van der Waals surface area contributed by atoms with Crippen LogP contribution in [0.15, 0.2) is 30.3 Å².